The molecule has 2 unspecified atom stereocenters. The number of aryl methyl sites for hydroxylation is 1. The van der Waals surface area contributed by atoms with Gasteiger partial charge in [0.15, 0.2) is 5.69 Å². The minimum absolute atomic E-state index is 0.0967. The molecule has 1 aromatic heterocycles. The zero-order chi connectivity index (χ0) is 18.7. The van der Waals surface area contributed by atoms with Crippen molar-refractivity contribution < 1.29 is 9.90 Å². The van der Waals surface area contributed by atoms with Crippen LogP contribution in [-0.2, 0) is 0 Å². The fourth-order valence-corrected chi connectivity index (χ4v) is 3.69. The topological polar surface area (TPSA) is 79.2 Å². The predicted molar refractivity (Wildman–Crippen MR) is 103 cm³/mol. The number of amides is 1. The van der Waals surface area contributed by atoms with E-state index in [1.54, 1.807) is 0 Å². The smallest absolute Gasteiger partial charge is 0.272 e. The molecule has 1 amide bonds. The molecule has 3 rings (SSSR count). The van der Waals surface area contributed by atoms with Crippen molar-refractivity contribution in [1.82, 2.24) is 20.4 Å². The molecule has 0 spiro atoms. The van der Waals surface area contributed by atoms with E-state index in [-0.39, 0.29) is 24.6 Å². The standard InChI is InChI=1S/C20H30N4O2/c1-13(2)24-18-9-6-14(3)11-17(18)19(23-24)20(26)22-16-8-7-15(21-12-16)5-4-10-25/h6,9,11,13,15-16,21,25H,4-5,7-8,10,12H2,1-3H3,(H,22,26). The third-order valence-corrected chi connectivity index (χ3v) is 5.13. The Bertz CT molecular complexity index is 761. The summed E-state index contributed by atoms with van der Waals surface area (Å²) in [6, 6.07) is 6.91. The lowest BCUT2D eigenvalue weighted by atomic mass is 9.97. The van der Waals surface area contributed by atoms with E-state index in [1.165, 1.54) is 0 Å². The number of rotatable bonds is 6. The van der Waals surface area contributed by atoms with Crippen molar-refractivity contribution in [3.63, 3.8) is 0 Å². The number of hydrogen-bond acceptors (Lipinski definition) is 4. The number of hydrogen-bond donors (Lipinski definition) is 3. The van der Waals surface area contributed by atoms with E-state index in [0.717, 1.165) is 48.7 Å². The van der Waals surface area contributed by atoms with Crippen LogP contribution < -0.4 is 10.6 Å². The fourth-order valence-electron chi connectivity index (χ4n) is 3.69. The molecule has 3 N–H and O–H groups in total. The van der Waals surface area contributed by atoms with E-state index in [1.807, 2.05) is 23.7 Å². The zero-order valence-corrected chi connectivity index (χ0v) is 16.0. The van der Waals surface area contributed by atoms with Crippen molar-refractivity contribution in [2.24, 2.45) is 0 Å². The number of piperidine rings is 1. The minimum atomic E-state index is -0.0967. The van der Waals surface area contributed by atoms with Gasteiger partial charge in [-0.3, -0.25) is 9.48 Å². The van der Waals surface area contributed by atoms with Crippen LogP contribution in [0.1, 0.15) is 61.6 Å². The van der Waals surface area contributed by atoms with Gasteiger partial charge in [-0.1, -0.05) is 11.6 Å². The third kappa shape index (κ3) is 4.07. The molecule has 0 aliphatic carbocycles. The second kappa shape index (κ2) is 8.18. The molecule has 1 aromatic carbocycles. The second-order valence-corrected chi connectivity index (χ2v) is 7.63. The monoisotopic (exact) mass is 358 g/mol. The lowest BCUT2D eigenvalue weighted by Crippen LogP contribution is -2.49. The van der Waals surface area contributed by atoms with Gasteiger partial charge in [-0.05, 0) is 58.6 Å². The number of aromatic nitrogens is 2. The lowest BCUT2D eigenvalue weighted by molar-refractivity contribution is 0.0922. The van der Waals surface area contributed by atoms with Gasteiger partial charge in [0.05, 0.1) is 5.52 Å². The van der Waals surface area contributed by atoms with Crippen LogP contribution >= 0.6 is 0 Å². The first kappa shape index (κ1) is 18.9. The van der Waals surface area contributed by atoms with E-state index < -0.39 is 0 Å². The van der Waals surface area contributed by atoms with Crippen LogP contribution in [0.5, 0.6) is 0 Å². The molecule has 1 aliphatic rings. The first-order chi connectivity index (χ1) is 12.5. The molecule has 142 valence electrons. The summed E-state index contributed by atoms with van der Waals surface area (Å²) in [5.74, 6) is -0.0967. The van der Waals surface area contributed by atoms with Crippen LogP contribution in [-0.4, -0.2) is 46.0 Å². The van der Waals surface area contributed by atoms with Crippen molar-refractivity contribution in [2.75, 3.05) is 13.2 Å². The first-order valence-electron chi connectivity index (χ1n) is 9.63. The van der Waals surface area contributed by atoms with E-state index in [4.69, 9.17) is 5.11 Å². The Morgan fingerprint density at radius 3 is 2.88 bits per heavy atom. The highest BCUT2D eigenvalue weighted by Crippen LogP contribution is 2.23. The summed E-state index contributed by atoms with van der Waals surface area (Å²) in [5.41, 5.74) is 2.64. The molecular weight excluding hydrogens is 328 g/mol. The Morgan fingerprint density at radius 2 is 2.23 bits per heavy atom. The summed E-state index contributed by atoms with van der Waals surface area (Å²) in [6.45, 7) is 7.19. The molecule has 1 saturated heterocycles. The number of fused-ring (bicyclic) bond motifs is 1. The molecule has 2 aromatic rings. The van der Waals surface area contributed by atoms with Crippen LogP contribution in [0.15, 0.2) is 18.2 Å². The highest BCUT2D eigenvalue weighted by molar-refractivity contribution is 6.05. The van der Waals surface area contributed by atoms with Gasteiger partial charge >= 0.3 is 0 Å². The summed E-state index contributed by atoms with van der Waals surface area (Å²) < 4.78 is 1.92. The van der Waals surface area contributed by atoms with Crippen LogP contribution in [0.25, 0.3) is 10.9 Å². The van der Waals surface area contributed by atoms with E-state index >= 15 is 0 Å². The van der Waals surface area contributed by atoms with Crippen LogP contribution in [0.4, 0.5) is 0 Å². The number of nitrogens with one attached hydrogen (secondary N) is 2. The maximum Gasteiger partial charge on any atom is 0.272 e. The molecule has 1 aliphatic heterocycles. The Hall–Kier alpha value is -1.92. The minimum Gasteiger partial charge on any atom is -0.396 e. The summed E-state index contributed by atoms with van der Waals surface area (Å²) >= 11 is 0. The van der Waals surface area contributed by atoms with Gasteiger partial charge in [0.2, 0.25) is 0 Å². The van der Waals surface area contributed by atoms with Gasteiger partial charge in [-0.2, -0.15) is 5.10 Å². The maximum atomic E-state index is 12.9. The fraction of sp³-hybridized carbons (Fsp3) is 0.600. The second-order valence-electron chi connectivity index (χ2n) is 7.63. The number of carbonyl (C=O) groups excluding carboxylic acids is 1. The van der Waals surface area contributed by atoms with Crippen molar-refractivity contribution in [3.8, 4) is 0 Å². The van der Waals surface area contributed by atoms with Crippen LogP contribution in [0.3, 0.4) is 0 Å². The first-order valence-corrected chi connectivity index (χ1v) is 9.63. The van der Waals surface area contributed by atoms with Crippen molar-refractivity contribution in [1.29, 1.82) is 0 Å². The Balaban J connectivity index is 1.72. The summed E-state index contributed by atoms with van der Waals surface area (Å²) in [5, 5.41) is 21.1. The van der Waals surface area contributed by atoms with Gasteiger partial charge in [-0.15, -0.1) is 0 Å². The summed E-state index contributed by atoms with van der Waals surface area (Å²) in [7, 11) is 0. The van der Waals surface area contributed by atoms with Crippen LogP contribution in [0.2, 0.25) is 0 Å². The summed E-state index contributed by atoms with van der Waals surface area (Å²) in [6.07, 6.45) is 3.79. The lowest BCUT2D eigenvalue weighted by Gasteiger charge is -2.30. The van der Waals surface area contributed by atoms with Crippen molar-refractivity contribution in [3.05, 3.63) is 29.5 Å². The van der Waals surface area contributed by atoms with E-state index in [2.05, 4.69) is 35.6 Å². The molecular formula is C20H30N4O2. The molecule has 6 nitrogen and oxygen atoms in total. The van der Waals surface area contributed by atoms with Gasteiger partial charge in [0, 0.05) is 36.7 Å². The highest BCUT2D eigenvalue weighted by Gasteiger charge is 2.24. The quantitative estimate of drug-likeness (QED) is 0.741. The normalized spacial score (nSPS) is 20.7. The molecule has 2 atom stereocenters. The van der Waals surface area contributed by atoms with E-state index in [9.17, 15) is 4.79 Å². The Labute approximate surface area is 155 Å². The van der Waals surface area contributed by atoms with E-state index in [0.29, 0.717) is 11.7 Å². The highest BCUT2D eigenvalue weighted by atomic mass is 16.3. The number of aliphatic hydroxyl groups excluding tert-OH is 1. The van der Waals surface area contributed by atoms with Crippen molar-refractivity contribution in [2.45, 2.75) is 64.6 Å². The largest absolute Gasteiger partial charge is 0.396 e. The molecule has 0 bridgehead atoms. The molecule has 26 heavy (non-hydrogen) atoms. The van der Waals surface area contributed by atoms with Gasteiger partial charge < -0.3 is 15.7 Å². The average molecular weight is 358 g/mol. The Kier molecular flexibility index (Phi) is 5.94. The zero-order valence-electron chi connectivity index (χ0n) is 16.0. The molecule has 2 heterocycles. The Morgan fingerprint density at radius 1 is 1.42 bits per heavy atom. The van der Waals surface area contributed by atoms with Crippen LogP contribution in [0, 0.1) is 6.92 Å². The van der Waals surface area contributed by atoms with Crippen molar-refractivity contribution >= 4 is 16.8 Å². The average Bonchev–Trinajstić information content (AvgIpc) is 3.00. The number of aliphatic hydroxyl groups is 1. The van der Waals surface area contributed by atoms with Gasteiger partial charge in [0.1, 0.15) is 0 Å². The summed E-state index contributed by atoms with van der Waals surface area (Å²) in [4.78, 5) is 12.9. The number of benzene rings is 1. The molecule has 6 heteroatoms. The van der Waals surface area contributed by atoms with Gasteiger partial charge in [0.25, 0.3) is 5.91 Å². The SMILES string of the molecule is Cc1ccc2c(c1)c(C(=O)NC1CCC(CCCO)NC1)nn2C(C)C. The maximum absolute atomic E-state index is 12.9. The third-order valence-electron chi connectivity index (χ3n) is 5.13. The van der Waals surface area contributed by atoms with Gasteiger partial charge in [-0.25, -0.2) is 0 Å². The molecule has 0 radical (unpaired) electrons. The predicted octanol–water partition coefficient (Wildman–Crippen LogP) is 2.55. The number of nitrogens with zero attached hydrogens (tertiary/aromatic N) is 2. The number of carbonyl (C=O) groups is 1. The molecule has 1 fully saturated rings. The molecule has 0 saturated carbocycles.